The average molecular weight is 272 g/mol. The maximum absolute atomic E-state index is 6.03. The van der Waals surface area contributed by atoms with Crippen LogP contribution < -0.4 is 11.1 Å². The molecule has 7 heteroatoms. The topological polar surface area (TPSA) is 79.6 Å². The Labute approximate surface area is 108 Å². The Bertz CT molecular complexity index is 474. The third-order valence-corrected chi connectivity index (χ3v) is 2.79. The Morgan fingerprint density at radius 2 is 2.00 bits per heavy atom. The fraction of sp³-hybridized carbons (Fsp3) is 0.200. The highest BCUT2D eigenvalue weighted by Gasteiger charge is 2.06. The van der Waals surface area contributed by atoms with Gasteiger partial charge < -0.3 is 11.1 Å². The van der Waals surface area contributed by atoms with Crippen LogP contribution in [-0.4, -0.2) is 21.7 Å². The van der Waals surface area contributed by atoms with Crippen molar-refractivity contribution >= 4 is 34.6 Å². The molecule has 1 aromatic carbocycles. The van der Waals surface area contributed by atoms with Crippen LogP contribution in [0.25, 0.3) is 0 Å². The molecule has 4 N–H and O–H groups in total. The van der Waals surface area contributed by atoms with E-state index in [0.29, 0.717) is 34.4 Å². The molecule has 0 aliphatic carbocycles. The number of benzene rings is 1. The van der Waals surface area contributed by atoms with E-state index in [2.05, 4.69) is 20.5 Å². The van der Waals surface area contributed by atoms with Crippen molar-refractivity contribution < 1.29 is 0 Å². The molecule has 0 radical (unpaired) electrons. The largest absolute Gasteiger partial charge is 0.399 e. The van der Waals surface area contributed by atoms with Gasteiger partial charge in [0.1, 0.15) is 12.2 Å². The molecule has 0 fully saturated rings. The van der Waals surface area contributed by atoms with Gasteiger partial charge in [0.25, 0.3) is 0 Å². The molecule has 17 heavy (non-hydrogen) atoms. The number of rotatable bonds is 4. The number of nitrogens with two attached hydrogens (primary N) is 1. The fourth-order valence-corrected chi connectivity index (χ4v) is 2.06. The maximum atomic E-state index is 6.03. The van der Waals surface area contributed by atoms with Crippen molar-refractivity contribution in [2.75, 3.05) is 17.6 Å². The van der Waals surface area contributed by atoms with Crippen molar-refractivity contribution in [2.45, 2.75) is 6.42 Å². The van der Waals surface area contributed by atoms with Crippen LogP contribution in [-0.2, 0) is 6.42 Å². The van der Waals surface area contributed by atoms with E-state index in [1.54, 1.807) is 12.1 Å². The highest BCUT2D eigenvalue weighted by Crippen LogP contribution is 2.32. The highest BCUT2D eigenvalue weighted by atomic mass is 35.5. The van der Waals surface area contributed by atoms with E-state index in [1.165, 1.54) is 6.33 Å². The number of H-pyrrole nitrogens is 1. The minimum atomic E-state index is 0.507. The third-order valence-electron chi connectivity index (χ3n) is 2.19. The standard InChI is InChI=1S/C10H11Cl2N5/c11-7-3-6(13)4-8(12)10(7)14-2-1-9-15-5-16-17-9/h3-5,14H,1-2,13H2,(H,15,16,17). The molecule has 0 bridgehead atoms. The van der Waals surface area contributed by atoms with Gasteiger partial charge in [-0.25, -0.2) is 4.98 Å². The van der Waals surface area contributed by atoms with Gasteiger partial charge in [-0.15, -0.1) is 0 Å². The lowest BCUT2D eigenvalue weighted by Gasteiger charge is -2.10. The van der Waals surface area contributed by atoms with E-state index in [4.69, 9.17) is 28.9 Å². The molecule has 0 saturated carbocycles. The molecule has 0 spiro atoms. The van der Waals surface area contributed by atoms with Crippen molar-refractivity contribution in [3.63, 3.8) is 0 Å². The summed E-state index contributed by atoms with van der Waals surface area (Å²) in [6.45, 7) is 0.651. The van der Waals surface area contributed by atoms with Crippen molar-refractivity contribution in [2.24, 2.45) is 0 Å². The van der Waals surface area contributed by atoms with E-state index >= 15 is 0 Å². The van der Waals surface area contributed by atoms with Crippen LogP contribution >= 0.6 is 23.2 Å². The van der Waals surface area contributed by atoms with Gasteiger partial charge in [0.15, 0.2) is 0 Å². The Morgan fingerprint density at radius 3 is 2.59 bits per heavy atom. The summed E-state index contributed by atoms with van der Waals surface area (Å²) >= 11 is 12.1. The van der Waals surface area contributed by atoms with Gasteiger partial charge in [-0.3, -0.25) is 5.10 Å². The number of aromatic amines is 1. The summed E-state index contributed by atoms with van der Waals surface area (Å²) in [5, 5.41) is 10.7. The summed E-state index contributed by atoms with van der Waals surface area (Å²) in [6, 6.07) is 3.31. The molecule has 2 aromatic rings. The van der Waals surface area contributed by atoms with Gasteiger partial charge in [0.05, 0.1) is 15.7 Å². The molecule has 0 amide bonds. The van der Waals surface area contributed by atoms with Crippen molar-refractivity contribution in [1.82, 2.24) is 15.2 Å². The summed E-state index contributed by atoms with van der Waals surface area (Å²) in [5.74, 6) is 0.806. The minimum absolute atomic E-state index is 0.507. The molecule has 1 heterocycles. The first-order valence-corrected chi connectivity index (χ1v) is 5.75. The van der Waals surface area contributed by atoms with Crippen LogP contribution in [0.15, 0.2) is 18.5 Å². The number of aromatic nitrogens is 3. The van der Waals surface area contributed by atoms with E-state index in [-0.39, 0.29) is 0 Å². The molecule has 0 aliphatic rings. The number of hydrogen-bond donors (Lipinski definition) is 3. The van der Waals surface area contributed by atoms with Crippen LogP contribution in [0.4, 0.5) is 11.4 Å². The van der Waals surface area contributed by atoms with Crippen LogP contribution in [0.3, 0.4) is 0 Å². The maximum Gasteiger partial charge on any atom is 0.137 e. The summed E-state index contributed by atoms with van der Waals surface area (Å²) in [4.78, 5) is 4.01. The molecule has 0 saturated heterocycles. The molecule has 0 aliphatic heterocycles. The predicted molar refractivity (Wildman–Crippen MR) is 69.5 cm³/mol. The lowest BCUT2D eigenvalue weighted by Crippen LogP contribution is -2.07. The number of anilines is 2. The van der Waals surface area contributed by atoms with Crippen molar-refractivity contribution in [3.8, 4) is 0 Å². The van der Waals surface area contributed by atoms with Gasteiger partial charge in [-0.05, 0) is 12.1 Å². The number of hydrogen-bond acceptors (Lipinski definition) is 4. The minimum Gasteiger partial charge on any atom is -0.399 e. The predicted octanol–water partition coefficient (Wildman–Crippen LogP) is 2.35. The Balaban J connectivity index is 1.99. The Hall–Kier alpha value is -1.46. The smallest absolute Gasteiger partial charge is 0.137 e. The molecular weight excluding hydrogens is 261 g/mol. The van der Waals surface area contributed by atoms with Gasteiger partial charge >= 0.3 is 0 Å². The fourth-order valence-electron chi connectivity index (χ4n) is 1.42. The molecule has 2 rings (SSSR count). The van der Waals surface area contributed by atoms with Crippen LogP contribution in [0.2, 0.25) is 10.0 Å². The zero-order valence-electron chi connectivity index (χ0n) is 8.87. The van der Waals surface area contributed by atoms with Gasteiger partial charge in [0.2, 0.25) is 0 Å². The molecule has 5 nitrogen and oxygen atoms in total. The molecule has 1 aromatic heterocycles. The van der Waals surface area contributed by atoms with E-state index < -0.39 is 0 Å². The highest BCUT2D eigenvalue weighted by molar-refractivity contribution is 6.39. The molecule has 0 atom stereocenters. The number of halogens is 2. The van der Waals surface area contributed by atoms with Crippen molar-refractivity contribution in [3.05, 3.63) is 34.3 Å². The summed E-state index contributed by atoms with van der Waals surface area (Å²) in [5.41, 5.74) is 6.84. The lowest BCUT2D eigenvalue weighted by molar-refractivity contribution is 0.901. The van der Waals surface area contributed by atoms with Crippen LogP contribution in [0, 0.1) is 0 Å². The second kappa shape index (κ2) is 5.25. The normalized spacial score (nSPS) is 10.5. The third kappa shape index (κ3) is 3.01. The zero-order valence-corrected chi connectivity index (χ0v) is 10.4. The Kier molecular flexibility index (Phi) is 3.71. The lowest BCUT2D eigenvalue weighted by atomic mass is 10.2. The van der Waals surface area contributed by atoms with E-state index in [0.717, 1.165) is 5.82 Å². The van der Waals surface area contributed by atoms with E-state index in [9.17, 15) is 0 Å². The first-order chi connectivity index (χ1) is 8.16. The number of nitrogens with zero attached hydrogens (tertiary/aromatic N) is 2. The number of nitrogens with one attached hydrogen (secondary N) is 2. The summed E-state index contributed by atoms with van der Waals surface area (Å²) in [6.07, 6.45) is 2.18. The molecule has 0 unspecified atom stereocenters. The van der Waals surface area contributed by atoms with Crippen molar-refractivity contribution in [1.29, 1.82) is 0 Å². The van der Waals surface area contributed by atoms with Gasteiger partial charge in [-0.2, -0.15) is 5.10 Å². The first kappa shape index (κ1) is 12.0. The molecule has 90 valence electrons. The number of nitrogen functional groups attached to an aromatic ring is 1. The first-order valence-electron chi connectivity index (χ1n) is 4.99. The van der Waals surface area contributed by atoms with Gasteiger partial charge in [0, 0.05) is 18.7 Å². The molecular formula is C10H11Cl2N5. The van der Waals surface area contributed by atoms with Gasteiger partial charge in [-0.1, -0.05) is 23.2 Å². The Morgan fingerprint density at radius 1 is 1.29 bits per heavy atom. The second-order valence-electron chi connectivity index (χ2n) is 3.47. The zero-order chi connectivity index (χ0) is 12.3. The quantitative estimate of drug-likeness (QED) is 0.746. The van der Waals surface area contributed by atoms with Crippen LogP contribution in [0.5, 0.6) is 0 Å². The monoisotopic (exact) mass is 271 g/mol. The second-order valence-corrected chi connectivity index (χ2v) is 4.28. The SMILES string of the molecule is Nc1cc(Cl)c(NCCc2ncn[nH]2)c(Cl)c1. The average Bonchev–Trinajstić information content (AvgIpc) is 2.74. The van der Waals surface area contributed by atoms with Crippen LogP contribution in [0.1, 0.15) is 5.82 Å². The summed E-state index contributed by atoms with van der Waals surface area (Å²) < 4.78 is 0. The summed E-state index contributed by atoms with van der Waals surface area (Å²) in [7, 11) is 0. The van der Waals surface area contributed by atoms with E-state index in [1.807, 2.05) is 0 Å².